The van der Waals surface area contributed by atoms with Crippen molar-refractivity contribution in [2.45, 2.75) is 57.5 Å². The van der Waals surface area contributed by atoms with Gasteiger partial charge in [0.05, 0.1) is 5.60 Å². The molecule has 0 aliphatic heterocycles. The van der Waals surface area contributed by atoms with Gasteiger partial charge in [-0.15, -0.1) is 0 Å². The molecule has 3 fully saturated rings. The molecule has 3 saturated carbocycles. The molecule has 80 valence electrons. The van der Waals surface area contributed by atoms with Gasteiger partial charge in [0, 0.05) is 0 Å². The summed E-state index contributed by atoms with van der Waals surface area (Å²) in [5.74, 6) is 3.46. The molecule has 2 bridgehead atoms. The molecule has 0 aromatic carbocycles. The summed E-state index contributed by atoms with van der Waals surface area (Å²) in [4.78, 5) is 0. The van der Waals surface area contributed by atoms with E-state index in [1.54, 1.807) is 0 Å². The van der Waals surface area contributed by atoms with Crippen LogP contribution in [-0.4, -0.2) is 10.7 Å². The minimum Gasteiger partial charge on any atom is -0.390 e. The van der Waals surface area contributed by atoms with Crippen LogP contribution in [-0.2, 0) is 0 Å². The second kappa shape index (κ2) is 2.98. The van der Waals surface area contributed by atoms with Crippen molar-refractivity contribution in [2.24, 2.45) is 23.7 Å². The first-order valence-corrected chi connectivity index (χ1v) is 6.40. The molecule has 3 rings (SSSR count). The van der Waals surface area contributed by atoms with Crippen LogP contribution in [0, 0.1) is 23.7 Å². The molecule has 0 aromatic heterocycles. The fourth-order valence-electron chi connectivity index (χ4n) is 4.15. The Morgan fingerprint density at radius 3 is 2.50 bits per heavy atom. The van der Waals surface area contributed by atoms with Crippen LogP contribution in [0.4, 0.5) is 0 Å². The van der Waals surface area contributed by atoms with Crippen LogP contribution < -0.4 is 0 Å². The quantitative estimate of drug-likeness (QED) is 0.716. The number of rotatable bonds is 2. The second-order valence-electron chi connectivity index (χ2n) is 6.18. The molecule has 14 heavy (non-hydrogen) atoms. The largest absolute Gasteiger partial charge is 0.390 e. The lowest BCUT2D eigenvalue weighted by Gasteiger charge is -2.46. The van der Waals surface area contributed by atoms with Gasteiger partial charge in [0.15, 0.2) is 0 Å². The van der Waals surface area contributed by atoms with E-state index in [1.165, 1.54) is 32.1 Å². The molecule has 0 spiro atoms. The molecule has 5 atom stereocenters. The average molecular weight is 194 g/mol. The Labute approximate surface area is 86.9 Å². The van der Waals surface area contributed by atoms with Gasteiger partial charge in [-0.2, -0.15) is 0 Å². The Bertz CT molecular complexity index is 237. The molecule has 1 nitrogen and oxygen atoms in total. The average Bonchev–Trinajstić information content (AvgIpc) is 2.76. The van der Waals surface area contributed by atoms with Crippen molar-refractivity contribution in [3.05, 3.63) is 0 Å². The maximum absolute atomic E-state index is 10.4. The third-order valence-electron chi connectivity index (χ3n) is 5.43. The first-order valence-electron chi connectivity index (χ1n) is 6.40. The lowest BCUT2D eigenvalue weighted by atomic mass is 9.64. The van der Waals surface area contributed by atoms with Gasteiger partial charge in [-0.3, -0.25) is 0 Å². The topological polar surface area (TPSA) is 20.2 Å². The summed E-state index contributed by atoms with van der Waals surface area (Å²) in [6.07, 6.45) is 9.29. The highest BCUT2D eigenvalue weighted by Crippen LogP contribution is 2.53. The van der Waals surface area contributed by atoms with Crippen molar-refractivity contribution in [1.29, 1.82) is 0 Å². The van der Waals surface area contributed by atoms with Crippen molar-refractivity contribution in [2.75, 3.05) is 0 Å². The van der Waals surface area contributed by atoms with Crippen LogP contribution >= 0.6 is 0 Å². The van der Waals surface area contributed by atoms with Gasteiger partial charge < -0.3 is 5.11 Å². The molecule has 0 heterocycles. The zero-order valence-corrected chi connectivity index (χ0v) is 9.21. The summed E-state index contributed by atoms with van der Waals surface area (Å²) in [6.45, 7) is 2.22. The monoisotopic (exact) mass is 194 g/mol. The van der Waals surface area contributed by atoms with Crippen LogP contribution in [0.15, 0.2) is 0 Å². The molecule has 5 unspecified atom stereocenters. The number of hydrogen-bond donors (Lipinski definition) is 1. The zero-order valence-electron chi connectivity index (χ0n) is 9.21. The third-order valence-corrected chi connectivity index (χ3v) is 5.43. The third kappa shape index (κ3) is 1.25. The van der Waals surface area contributed by atoms with E-state index in [0.29, 0.717) is 5.92 Å². The lowest BCUT2D eigenvalue weighted by Crippen LogP contribution is -2.47. The Kier molecular flexibility index (Phi) is 1.96. The molecule has 3 aliphatic carbocycles. The van der Waals surface area contributed by atoms with Gasteiger partial charge in [0.2, 0.25) is 0 Å². The minimum atomic E-state index is -0.255. The SMILES string of the molecule is CC1CCC1(O)CC1CC2CCC1C2. The highest BCUT2D eigenvalue weighted by Gasteiger charge is 2.48. The molecule has 0 aromatic rings. The molecule has 1 heteroatoms. The smallest absolute Gasteiger partial charge is 0.0676 e. The van der Waals surface area contributed by atoms with Crippen molar-refractivity contribution < 1.29 is 5.11 Å². The molecular formula is C13H22O. The van der Waals surface area contributed by atoms with E-state index in [1.807, 2.05) is 0 Å². The van der Waals surface area contributed by atoms with Gasteiger partial charge in [0.25, 0.3) is 0 Å². The summed E-state index contributed by atoms with van der Waals surface area (Å²) in [5.41, 5.74) is -0.255. The first kappa shape index (κ1) is 9.21. The number of aliphatic hydroxyl groups is 1. The molecule has 0 amide bonds. The molecule has 3 aliphatic rings. The van der Waals surface area contributed by atoms with E-state index >= 15 is 0 Å². The van der Waals surface area contributed by atoms with Crippen molar-refractivity contribution >= 4 is 0 Å². The van der Waals surface area contributed by atoms with Crippen LogP contribution in [0.25, 0.3) is 0 Å². The van der Waals surface area contributed by atoms with E-state index in [9.17, 15) is 5.11 Å². The Morgan fingerprint density at radius 1 is 1.21 bits per heavy atom. The highest BCUT2D eigenvalue weighted by molar-refractivity contribution is 4.99. The second-order valence-corrected chi connectivity index (χ2v) is 6.18. The lowest BCUT2D eigenvalue weighted by molar-refractivity contribution is -0.106. The predicted octanol–water partition coefficient (Wildman–Crippen LogP) is 2.97. The predicted molar refractivity (Wildman–Crippen MR) is 56.9 cm³/mol. The fraction of sp³-hybridized carbons (Fsp3) is 1.00. The van der Waals surface area contributed by atoms with Gasteiger partial charge in [-0.1, -0.05) is 13.3 Å². The molecular weight excluding hydrogens is 172 g/mol. The Morgan fingerprint density at radius 2 is 2.07 bits per heavy atom. The molecule has 1 N–H and O–H groups in total. The van der Waals surface area contributed by atoms with Gasteiger partial charge in [0.1, 0.15) is 0 Å². The first-order chi connectivity index (χ1) is 6.67. The summed E-state index contributed by atoms with van der Waals surface area (Å²) >= 11 is 0. The maximum Gasteiger partial charge on any atom is 0.0676 e. The summed E-state index contributed by atoms with van der Waals surface area (Å²) in [6, 6.07) is 0. The van der Waals surface area contributed by atoms with Crippen LogP contribution in [0.5, 0.6) is 0 Å². The standard InChI is InChI=1S/C13H22O/c1-9-4-5-13(9,14)8-12-7-10-2-3-11(12)6-10/h9-12,14H,2-8H2,1H3. The number of fused-ring (bicyclic) bond motifs is 2. The normalized spacial score (nSPS) is 56.1. The van der Waals surface area contributed by atoms with E-state index in [4.69, 9.17) is 0 Å². The van der Waals surface area contributed by atoms with E-state index in [2.05, 4.69) is 6.92 Å². The maximum atomic E-state index is 10.4. The van der Waals surface area contributed by atoms with Gasteiger partial charge in [-0.25, -0.2) is 0 Å². The van der Waals surface area contributed by atoms with Crippen LogP contribution in [0.1, 0.15) is 51.9 Å². The van der Waals surface area contributed by atoms with E-state index in [0.717, 1.165) is 30.6 Å². The minimum absolute atomic E-state index is 0.255. The Hall–Kier alpha value is -0.0400. The van der Waals surface area contributed by atoms with Crippen LogP contribution in [0.3, 0.4) is 0 Å². The molecule has 0 saturated heterocycles. The van der Waals surface area contributed by atoms with Crippen molar-refractivity contribution in [3.63, 3.8) is 0 Å². The zero-order chi connectivity index (χ0) is 9.76. The van der Waals surface area contributed by atoms with Crippen molar-refractivity contribution in [1.82, 2.24) is 0 Å². The van der Waals surface area contributed by atoms with Crippen molar-refractivity contribution in [3.8, 4) is 0 Å². The van der Waals surface area contributed by atoms with Gasteiger partial charge >= 0.3 is 0 Å². The summed E-state index contributed by atoms with van der Waals surface area (Å²) in [7, 11) is 0. The summed E-state index contributed by atoms with van der Waals surface area (Å²) < 4.78 is 0. The van der Waals surface area contributed by atoms with Crippen LogP contribution in [0.2, 0.25) is 0 Å². The van der Waals surface area contributed by atoms with Gasteiger partial charge in [-0.05, 0) is 62.2 Å². The highest BCUT2D eigenvalue weighted by atomic mass is 16.3. The Balaban J connectivity index is 1.63. The molecule has 0 radical (unpaired) electrons. The number of hydrogen-bond acceptors (Lipinski definition) is 1. The fourth-order valence-corrected chi connectivity index (χ4v) is 4.15. The van der Waals surface area contributed by atoms with E-state index < -0.39 is 0 Å². The van der Waals surface area contributed by atoms with E-state index in [-0.39, 0.29) is 5.60 Å². The summed E-state index contributed by atoms with van der Waals surface area (Å²) in [5, 5.41) is 10.4.